The summed E-state index contributed by atoms with van der Waals surface area (Å²) in [5, 5.41) is 0. The van der Waals surface area contributed by atoms with Gasteiger partial charge in [0.2, 0.25) is 0 Å². The Balaban J connectivity index is 2.91. The molecule has 0 unspecified atom stereocenters. The second kappa shape index (κ2) is 5.42. The molecular weight excluding hydrogens is 166 g/mol. The molecule has 0 saturated carbocycles. The van der Waals surface area contributed by atoms with E-state index in [-0.39, 0.29) is 17.4 Å². The van der Waals surface area contributed by atoms with Crippen LogP contribution in [0, 0.1) is 11.8 Å². The van der Waals surface area contributed by atoms with Crippen molar-refractivity contribution in [3.63, 3.8) is 0 Å². The van der Waals surface area contributed by atoms with Gasteiger partial charge in [0.15, 0.2) is 0 Å². The van der Waals surface area contributed by atoms with E-state index in [1.807, 2.05) is 0 Å². The van der Waals surface area contributed by atoms with Crippen LogP contribution in [-0.2, 0) is 0 Å². The summed E-state index contributed by atoms with van der Waals surface area (Å²) in [7, 11) is 0. The molecule has 0 aliphatic carbocycles. The van der Waals surface area contributed by atoms with E-state index in [2.05, 4.69) is 27.7 Å². The minimum absolute atomic E-state index is 0.179. The molecule has 53 valence electrons. The van der Waals surface area contributed by atoms with Crippen molar-refractivity contribution in [3.8, 4) is 0 Å². The van der Waals surface area contributed by atoms with Gasteiger partial charge in [-0.2, -0.15) is 0 Å². The van der Waals surface area contributed by atoms with Gasteiger partial charge in [0.25, 0.3) is 0 Å². The standard InChI is InChI=1S/2C4H9.Ga/c2*1-4(2)3;/h2*4H,1H2,2-3H3;. The molecule has 0 saturated heterocycles. The van der Waals surface area contributed by atoms with Crippen LogP contribution in [0.15, 0.2) is 0 Å². The average Bonchev–Trinajstić information content (AvgIpc) is 1.63. The third-order valence-electron chi connectivity index (χ3n) is 1.28. The quantitative estimate of drug-likeness (QED) is 0.589. The summed E-state index contributed by atoms with van der Waals surface area (Å²) < 4.78 is 0. The van der Waals surface area contributed by atoms with Crippen LogP contribution in [0.4, 0.5) is 0 Å². The zero-order chi connectivity index (χ0) is 7.28. The van der Waals surface area contributed by atoms with Crippen LogP contribution in [-0.4, -0.2) is 17.4 Å². The molecule has 0 aromatic heterocycles. The van der Waals surface area contributed by atoms with Crippen LogP contribution in [0.25, 0.3) is 0 Å². The van der Waals surface area contributed by atoms with Crippen LogP contribution >= 0.6 is 0 Å². The summed E-state index contributed by atoms with van der Waals surface area (Å²) in [6.07, 6.45) is 0. The molecule has 0 amide bonds. The van der Waals surface area contributed by atoms with Gasteiger partial charge in [0.1, 0.15) is 0 Å². The van der Waals surface area contributed by atoms with Crippen molar-refractivity contribution < 1.29 is 0 Å². The van der Waals surface area contributed by atoms with Gasteiger partial charge in [-0.1, -0.05) is 0 Å². The van der Waals surface area contributed by atoms with E-state index in [0.717, 1.165) is 11.8 Å². The van der Waals surface area contributed by atoms with E-state index in [0.29, 0.717) is 0 Å². The summed E-state index contributed by atoms with van der Waals surface area (Å²) in [6, 6.07) is 0. The molecule has 0 atom stereocenters. The van der Waals surface area contributed by atoms with Crippen LogP contribution in [0.5, 0.6) is 0 Å². The molecule has 0 aromatic carbocycles. The Hall–Kier alpha value is 0.636. The molecule has 1 heteroatoms. The second-order valence-electron chi connectivity index (χ2n) is 3.55. The van der Waals surface area contributed by atoms with E-state index in [9.17, 15) is 0 Å². The molecule has 0 rings (SSSR count). The molecule has 0 aliphatic heterocycles. The molecule has 9 heavy (non-hydrogen) atoms. The topological polar surface area (TPSA) is 0 Å². The Labute approximate surface area is 67.2 Å². The van der Waals surface area contributed by atoms with Crippen LogP contribution in [0.1, 0.15) is 27.7 Å². The van der Waals surface area contributed by atoms with Crippen molar-refractivity contribution in [2.75, 3.05) is 0 Å². The number of rotatable bonds is 4. The molecule has 1 radical (unpaired) electrons. The van der Waals surface area contributed by atoms with Crippen LogP contribution in [0.3, 0.4) is 0 Å². The molecule has 0 aliphatic rings. The Morgan fingerprint density at radius 3 is 1.44 bits per heavy atom. The Morgan fingerprint density at radius 2 is 1.22 bits per heavy atom. The predicted molar refractivity (Wildman–Crippen MR) is 45.0 cm³/mol. The predicted octanol–water partition coefficient (Wildman–Crippen LogP) is 2.84. The summed E-state index contributed by atoms with van der Waals surface area (Å²) in [5.41, 5.74) is 0. The number of hydrogen-bond acceptors (Lipinski definition) is 0. The van der Waals surface area contributed by atoms with Crippen molar-refractivity contribution in [1.29, 1.82) is 0 Å². The first-order valence-corrected chi connectivity index (χ1v) is 7.37. The number of hydrogen-bond donors (Lipinski definition) is 0. The molecule has 0 spiro atoms. The van der Waals surface area contributed by atoms with Gasteiger partial charge >= 0.3 is 66.9 Å². The zero-order valence-electron chi connectivity index (χ0n) is 7.15. The molecule has 0 fully saturated rings. The Kier molecular flexibility index (Phi) is 5.81. The zero-order valence-corrected chi connectivity index (χ0v) is 9.57. The summed E-state index contributed by atoms with van der Waals surface area (Å²) in [6.45, 7) is 9.32. The van der Waals surface area contributed by atoms with Gasteiger partial charge < -0.3 is 0 Å². The van der Waals surface area contributed by atoms with Crippen molar-refractivity contribution in [1.82, 2.24) is 0 Å². The maximum absolute atomic E-state index is 2.33. The van der Waals surface area contributed by atoms with Crippen LogP contribution in [0.2, 0.25) is 9.95 Å². The van der Waals surface area contributed by atoms with Crippen molar-refractivity contribution in [3.05, 3.63) is 0 Å². The fraction of sp³-hybridized carbons (Fsp3) is 1.00. The molecule has 0 heterocycles. The third kappa shape index (κ3) is 8.64. The monoisotopic (exact) mass is 183 g/mol. The van der Waals surface area contributed by atoms with Crippen molar-refractivity contribution >= 4 is 17.4 Å². The Morgan fingerprint density at radius 1 is 0.889 bits per heavy atom. The third-order valence-corrected chi connectivity index (χ3v) is 6.63. The molecule has 0 nitrogen and oxygen atoms in total. The van der Waals surface area contributed by atoms with Gasteiger partial charge in [-0.15, -0.1) is 0 Å². The molecular formula is C8H18Ga. The van der Waals surface area contributed by atoms with Gasteiger partial charge in [-0.05, 0) is 0 Å². The minimum atomic E-state index is 0.179. The fourth-order valence-corrected chi connectivity index (χ4v) is 3.96. The first-order valence-electron chi connectivity index (χ1n) is 3.94. The van der Waals surface area contributed by atoms with E-state index in [4.69, 9.17) is 0 Å². The van der Waals surface area contributed by atoms with E-state index < -0.39 is 0 Å². The normalized spacial score (nSPS) is 10.9. The Bertz CT molecular complexity index is 49.6. The molecule has 0 N–H and O–H groups in total. The van der Waals surface area contributed by atoms with Gasteiger partial charge in [0.05, 0.1) is 0 Å². The first kappa shape index (κ1) is 9.64. The summed E-state index contributed by atoms with van der Waals surface area (Å²) >= 11 is 0.179. The van der Waals surface area contributed by atoms with Gasteiger partial charge in [0, 0.05) is 0 Å². The summed E-state index contributed by atoms with van der Waals surface area (Å²) in [5.74, 6) is 1.92. The van der Waals surface area contributed by atoms with Crippen molar-refractivity contribution in [2.45, 2.75) is 37.6 Å². The van der Waals surface area contributed by atoms with Gasteiger partial charge in [-0.25, -0.2) is 0 Å². The first-order chi connectivity index (χ1) is 4.13. The fourth-order valence-electron chi connectivity index (χ4n) is 0.763. The average molecular weight is 184 g/mol. The summed E-state index contributed by atoms with van der Waals surface area (Å²) in [4.78, 5) is 3.11. The van der Waals surface area contributed by atoms with E-state index in [1.54, 1.807) is 9.95 Å². The van der Waals surface area contributed by atoms with E-state index >= 15 is 0 Å². The van der Waals surface area contributed by atoms with E-state index in [1.165, 1.54) is 0 Å². The molecule has 0 bridgehead atoms. The maximum atomic E-state index is 2.33. The van der Waals surface area contributed by atoms with Crippen LogP contribution < -0.4 is 0 Å². The SMILES string of the molecule is CC(C)[CH2][Ga][CH2]C(C)C. The molecule has 0 aromatic rings. The van der Waals surface area contributed by atoms with Crippen molar-refractivity contribution in [2.24, 2.45) is 11.8 Å². The van der Waals surface area contributed by atoms with Gasteiger partial charge in [-0.3, -0.25) is 0 Å². The second-order valence-corrected chi connectivity index (χ2v) is 6.74.